The Kier molecular flexibility index (Phi) is 10.3. The van der Waals surface area contributed by atoms with Gasteiger partial charge in [-0.15, -0.1) is 0 Å². The molecule has 3 nitrogen and oxygen atoms in total. The molecule has 3 rings (SSSR count). The standard InChI is InChI=1S/C34H44O3/c1-7-33(35,8-2)23-21-27-15-20-31(25-26(27)5)34(9-3,10-4)30-18-16-29(17-19-30)32-14-12-11-13-28(32)22-24-37-36-6/h11-21,23,25,35H,7-10,22,24H2,1-6H3/b23-21+. The van der Waals surface area contributed by atoms with E-state index in [4.69, 9.17) is 9.78 Å². The quantitative estimate of drug-likeness (QED) is 0.145. The van der Waals surface area contributed by atoms with E-state index in [-0.39, 0.29) is 5.41 Å². The molecule has 0 amide bonds. The van der Waals surface area contributed by atoms with Crippen LogP contribution in [0.15, 0.2) is 72.8 Å². The fraction of sp³-hybridized carbons (Fsp3) is 0.412. The lowest BCUT2D eigenvalue weighted by atomic mass is 9.70. The third-order valence-electron chi connectivity index (χ3n) is 8.17. The Hall–Kier alpha value is -2.72. The van der Waals surface area contributed by atoms with Gasteiger partial charge in [0.05, 0.1) is 19.3 Å². The number of aryl methyl sites for hydroxylation is 1. The molecule has 0 heterocycles. The van der Waals surface area contributed by atoms with Crippen LogP contribution in [0.3, 0.4) is 0 Å². The summed E-state index contributed by atoms with van der Waals surface area (Å²) in [7, 11) is 1.54. The highest BCUT2D eigenvalue weighted by molar-refractivity contribution is 5.68. The zero-order chi connectivity index (χ0) is 26.9. The Balaban J connectivity index is 1.93. The summed E-state index contributed by atoms with van der Waals surface area (Å²) in [5, 5.41) is 10.7. The molecule has 3 heteroatoms. The normalized spacial score (nSPS) is 12.4. The van der Waals surface area contributed by atoms with Crippen LogP contribution in [0.4, 0.5) is 0 Å². The molecule has 0 aliphatic carbocycles. The summed E-state index contributed by atoms with van der Waals surface area (Å²) in [5.74, 6) is 0. The van der Waals surface area contributed by atoms with Gasteiger partial charge in [-0.25, -0.2) is 9.78 Å². The van der Waals surface area contributed by atoms with Gasteiger partial charge in [0.1, 0.15) is 0 Å². The van der Waals surface area contributed by atoms with Crippen molar-refractivity contribution in [3.05, 3.63) is 101 Å². The Morgan fingerprint density at radius 2 is 1.46 bits per heavy atom. The summed E-state index contributed by atoms with van der Waals surface area (Å²) < 4.78 is 0. The average Bonchev–Trinajstić information content (AvgIpc) is 2.94. The van der Waals surface area contributed by atoms with E-state index in [9.17, 15) is 5.11 Å². The first-order chi connectivity index (χ1) is 17.9. The van der Waals surface area contributed by atoms with Gasteiger partial charge < -0.3 is 5.11 Å². The van der Waals surface area contributed by atoms with Crippen LogP contribution < -0.4 is 0 Å². The second-order valence-corrected chi connectivity index (χ2v) is 9.98. The van der Waals surface area contributed by atoms with Gasteiger partial charge in [0.2, 0.25) is 0 Å². The first-order valence-corrected chi connectivity index (χ1v) is 13.7. The summed E-state index contributed by atoms with van der Waals surface area (Å²) in [5.41, 5.74) is 8.00. The molecule has 0 aromatic heterocycles. The smallest absolute Gasteiger partial charge is 0.0862 e. The van der Waals surface area contributed by atoms with Crippen LogP contribution in [0.5, 0.6) is 0 Å². The van der Waals surface area contributed by atoms with Crippen molar-refractivity contribution in [3.63, 3.8) is 0 Å². The molecule has 0 spiro atoms. The lowest BCUT2D eigenvalue weighted by molar-refractivity contribution is -0.271. The molecule has 0 saturated carbocycles. The van der Waals surface area contributed by atoms with E-state index in [1.807, 2.05) is 19.9 Å². The first kappa shape index (κ1) is 28.8. The third kappa shape index (κ3) is 6.59. The molecule has 0 aliphatic heterocycles. The van der Waals surface area contributed by atoms with Crippen LogP contribution >= 0.6 is 0 Å². The summed E-state index contributed by atoms with van der Waals surface area (Å²) in [6.45, 7) is 11.3. The fourth-order valence-corrected chi connectivity index (χ4v) is 5.35. The molecular formula is C34H44O3. The molecule has 0 unspecified atom stereocenters. The molecule has 0 radical (unpaired) electrons. The Bertz CT molecular complexity index is 1150. The van der Waals surface area contributed by atoms with Crippen LogP contribution in [0, 0.1) is 6.92 Å². The van der Waals surface area contributed by atoms with E-state index in [0.29, 0.717) is 19.4 Å². The van der Waals surface area contributed by atoms with E-state index in [2.05, 4.69) is 93.6 Å². The van der Waals surface area contributed by atoms with Crippen molar-refractivity contribution in [2.45, 2.75) is 77.7 Å². The maximum atomic E-state index is 10.7. The van der Waals surface area contributed by atoms with E-state index in [0.717, 1.165) is 24.8 Å². The zero-order valence-corrected chi connectivity index (χ0v) is 23.5. The topological polar surface area (TPSA) is 38.7 Å². The molecule has 0 atom stereocenters. The zero-order valence-electron chi connectivity index (χ0n) is 23.5. The van der Waals surface area contributed by atoms with Crippen LogP contribution in [-0.4, -0.2) is 24.4 Å². The number of hydrogen-bond donors (Lipinski definition) is 1. The second-order valence-electron chi connectivity index (χ2n) is 9.98. The predicted octanol–water partition coefficient (Wildman–Crippen LogP) is 8.45. The summed E-state index contributed by atoms with van der Waals surface area (Å²) in [4.78, 5) is 9.88. The Morgan fingerprint density at radius 1 is 0.811 bits per heavy atom. The maximum absolute atomic E-state index is 10.7. The minimum atomic E-state index is -0.737. The molecular weight excluding hydrogens is 456 g/mol. The van der Waals surface area contributed by atoms with Gasteiger partial charge in [-0.05, 0) is 78.0 Å². The molecule has 0 bridgehead atoms. The predicted molar refractivity (Wildman–Crippen MR) is 156 cm³/mol. The number of aliphatic hydroxyl groups is 1. The van der Waals surface area contributed by atoms with Crippen molar-refractivity contribution in [2.75, 3.05) is 13.7 Å². The molecule has 198 valence electrons. The van der Waals surface area contributed by atoms with Gasteiger partial charge in [-0.1, -0.05) is 107 Å². The lowest BCUT2D eigenvalue weighted by Crippen LogP contribution is -2.26. The Labute approximate surface area is 224 Å². The Morgan fingerprint density at radius 3 is 2.05 bits per heavy atom. The largest absolute Gasteiger partial charge is 0.386 e. The van der Waals surface area contributed by atoms with Crippen LogP contribution in [0.2, 0.25) is 0 Å². The average molecular weight is 501 g/mol. The highest BCUT2D eigenvalue weighted by Gasteiger charge is 2.31. The lowest BCUT2D eigenvalue weighted by Gasteiger charge is -2.34. The van der Waals surface area contributed by atoms with Gasteiger partial charge in [0.15, 0.2) is 0 Å². The highest BCUT2D eigenvalue weighted by atomic mass is 17.2. The first-order valence-electron chi connectivity index (χ1n) is 13.7. The van der Waals surface area contributed by atoms with E-state index in [1.165, 1.54) is 33.4 Å². The van der Waals surface area contributed by atoms with Gasteiger partial charge in [0.25, 0.3) is 0 Å². The van der Waals surface area contributed by atoms with E-state index in [1.54, 1.807) is 7.11 Å². The van der Waals surface area contributed by atoms with E-state index < -0.39 is 5.60 Å². The van der Waals surface area contributed by atoms with Crippen molar-refractivity contribution in [2.24, 2.45) is 0 Å². The molecule has 37 heavy (non-hydrogen) atoms. The highest BCUT2D eigenvalue weighted by Crippen LogP contribution is 2.40. The SMILES string of the molecule is CCC(O)(/C=C/c1ccc(C(CC)(CC)c2ccc(-c3ccccc3CCOOC)cc2)cc1C)CC. The summed E-state index contributed by atoms with van der Waals surface area (Å²) >= 11 is 0. The molecule has 0 saturated heterocycles. The summed E-state index contributed by atoms with van der Waals surface area (Å²) in [6, 6.07) is 24.4. The van der Waals surface area contributed by atoms with Gasteiger partial charge in [-0.3, -0.25) is 0 Å². The van der Waals surface area contributed by atoms with Crippen molar-refractivity contribution < 1.29 is 14.9 Å². The van der Waals surface area contributed by atoms with Crippen molar-refractivity contribution >= 4 is 6.08 Å². The van der Waals surface area contributed by atoms with Crippen molar-refractivity contribution in [3.8, 4) is 11.1 Å². The van der Waals surface area contributed by atoms with Gasteiger partial charge >= 0.3 is 0 Å². The minimum Gasteiger partial charge on any atom is -0.386 e. The maximum Gasteiger partial charge on any atom is 0.0862 e. The van der Waals surface area contributed by atoms with Crippen LogP contribution in [0.1, 0.15) is 81.2 Å². The third-order valence-corrected chi connectivity index (χ3v) is 8.17. The van der Waals surface area contributed by atoms with Crippen molar-refractivity contribution in [1.29, 1.82) is 0 Å². The second kappa shape index (κ2) is 13.2. The van der Waals surface area contributed by atoms with E-state index >= 15 is 0 Å². The van der Waals surface area contributed by atoms with Gasteiger partial charge in [-0.2, -0.15) is 0 Å². The monoisotopic (exact) mass is 500 g/mol. The number of hydrogen-bond acceptors (Lipinski definition) is 3. The summed E-state index contributed by atoms with van der Waals surface area (Å²) in [6.07, 6.45) is 8.31. The fourth-order valence-electron chi connectivity index (χ4n) is 5.35. The minimum absolute atomic E-state index is 0.0507. The van der Waals surface area contributed by atoms with Crippen LogP contribution in [-0.2, 0) is 21.6 Å². The molecule has 3 aromatic carbocycles. The van der Waals surface area contributed by atoms with Gasteiger partial charge in [0, 0.05) is 5.41 Å². The molecule has 1 N–H and O–H groups in total. The molecule has 3 aromatic rings. The number of benzene rings is 3. The van der Waals surface area contributed by atoms with Crippen molar-refractivity contribution in [1.82, 2.24) is 0 Å². The molecule has 0 fully saturated rings. The van der Waals surface area contributed by atoms with Crippen LogP contribution in [0.25, 0.3) is 17.2 Å². The molecule has 0 aliphatic rings. The number of rotatable bonds is 13.